The summed E-state index contributed by atoms with van der Waals surface area (Å²) >= 11 is 5.75. The SMILES string of the molecule is CC[C@@H](C)C(=O)Nc1cc(Cl)ccc1O. The molecule has 0 unspecified atom stereocenters. The van der Waals surface area contributed by atoms with Crippen molar-refractivity contribution >= 4 is 23.2 Å². The molecule has 1 rings (SSSR count). The first-order chi connectivity index (χ1) is 7.04. The lowest BCUT2D eigenvalue weighted by atomic mass is 10.1. The first-order valence-electron chi connectivity index (χ1n) is 4.84. The van der Waals surface area contributed by atoms with Crippen LogP contribution in [-0.2, 0) is 4.79 Å². The van der Waals surface area contributed by atoms with Crippen LogP contribution >= 0.6 is 11.6 Å². The fraction of sp³-hybridized carbons (Fsp3) is 0.364. The Kier molecular flexibility index (Phi) is 3.97. The third-order valence-electron chi connectivity index (χ3n) is 2.28. The van der Waals surface area contributed by atoms with Gasteiger partial charge in [-0.05, 0) is 24.6 Å². The number of hydrogen-bond donors (Lipinski definition) is 2. The van der Waals surface area contributed by atoms with Crippen LogP contribution in [0.3, 0.4) is 0 Å². The van der Waals surface area contributed by atoms with Gasteiger partial charge in [0.2, 0.25) is 5.91 Å². The first-order valence-corrected chi connectivity index (χ1v) is 5.21. The average Bonchev–Trinajstić information content (AvgIpc) is 2.22. The molecular weight excluding hydrogens is 214 g/mol. The monoisotopic (exact) mass is 227 g/mol. The molecule has 1 aromatic carbocycles. The Morgan fingerprint density at radius 3 is 2.87 bits per heavy atom. The highest BCUT2D eigenvalue weighted by atomic mass is 35.5. The Hall–Kier alpha value is -1.22. The summed E-state index contributed by atoms with van der Waals surface area (Å²) in [6.07, 6.45) is 0.757. The Morgan fingerprint density at radius 2 is 2.27 bits per heavy atom. The van der Waals surface area contributed by atoms with E-state index in [9.17, 15) is 9.90 Å². The van der Waals surface area contributed by atoms with Gasteiger partial charge in [0.05, 0.1) is 5.69 Å². The maximum Gasteiger partial charge on any atom is 0.227 e. The average molecular weight is 228 g/mol. The molecule has 0 radical (unpaired) electrons. The largest absolute Gasteiger partial charge is 0.506 e. The summed E-state index contributed by atoms with van der Waals surface area (Å²) < 4.78 is 0. The van der Waals surface area contributed by atoms with E-state index in [2.05, 4.69) is 5.32 Å². The van der Waals surface area contributed by atoms with Crippen molar-refractivity contribution in [3.63, 3.8) is 0 Å². The van der Waals surface area contributed by atoms with Crippen molar-refractivity contribution in [3.8, 4) is 5.75 Å². The molecule has 82 valence electrons. The molecule has 0 bridgehead atoms. The number of halogens is 1. The van der Waals surface area contributed by atoms with E-state index in [0.29, 0.717) is 10.7 Å². The Bertz CT molecular complexity index is 366. The number of anilines is 1. The maximum atomic E-state index is 11.5. The van der Waals surface area contributed by atoms with Crippen molar-refractivity contribution in [1.29, 1.82) is 0 Å². The molecule has 1 atom stereocenters. The molecule has 1 amide bonds. The van der Waals surface area contributed by atoms with Crippen LogP contribution in [0.1, 0.15) is 20.3 Å². The van der Waals surface area contributed by atoms with Gasteiger partial charge in [-0.15, -0.1) is 0 Å². The minimum atomic E-state index is -0.116. The molecule has 3 nitrogen and oxygen atoms in total. The van der Waals surface area contributed by atoms with Crippen LogP contribution in [0.2, 0.25) is 5.02 Å². The predicted octanol–water partition coefficient (Wildman–Crippen LogP) is 3.03. The molecule has 0 saturated heterocycles. The number of nitrogens with one attached hydrogen (secondary N) is 1. The summed E-state index contributed by atoms with van der Waals surface area (Å²) in [6, 6.07) is 4.54. The summed E-state index contributed by atoms with van der Waals surface area (Å²) in [7, 11) is 0. The van der Waals surface area contributed by atoms with Crippen molar-refractivity contribution in [3.05, 3.63) is 23.2 Å². The van der Waals surface area contributed by atoms with Crippen LogP contribution in [-0.4, -0.2) is 11.0 Å². The third kappa shape index (κ3) is 3.13. The summed E-state index contributed by atoms with van der Waals surface area (Å²) in [5, 5.41) is 12.6. The number of carbonyl (C=O) groups excluding carboxylic acids is 1. The Labute approximate surface area is 94.1 Å². The molecule has 0 saturated carbocycles. The maximum absolute atomic E-state index is 11.5. The molecule has 0 aromatic heterocycles. The van der Waals surface area contributed by atoms with Gasteiger partial charge in [-0.1, -0.05) is 25.4 Å². The highest BCUT2D eigenvalue weighted by Crippen LogP contribution is 2.26. The zero-order valence-corrected chi connectivity index (χ0v) is 9.51. The van der Waals surface area contributed by atoms with E-state index >= 15 is 0 Å². The van der Waals surface area contributed by atoms with Gasteiger partial charge < -0.3 is 10.4 Å². The second-order valence-corrected chi connectivity index (χ2v) is 3.90. The van der Waals surface area contributed by atoms with Crippen molar-refractivity contribution < 1.29 is 9.90 Å². The molecule has 1 aromatic rings. The fourth-order valence-corrected chi connectivity index (χ4v) is 1.22. The van der Waals surface area contributed by atoms with Crippen molar-refractivity contribution in [2.45, 2.75) is 20.3 Å². The number of aromatic hydroxyl groups is 1. The standard InChI is InChI=1S/C11H14ClNO2/c1-3-7(2)11(15)13-9-6-8(12)4-5-10(9)14/h4-7,14H,3H2,1-2H3,(H,13,15)/t7-/m1/s1. The smallest absolute Gasteiger partial charge is 0.227 e. The molecule has 0 heterocycles. The van der Waals surface area contributed by atoms with Gasteiger partial charge >= 0.3 is 0 Å². The molecule has 0 aliphatic rings. The third-order valence-corrected chi connectivity index (χ3v) is 2.51. The van der Waals surface area contributed by atoms with Crippen molar-refractivity contribution in [1.82, 2.24) is 0 Å². The van der Waals surface area contributed by atoms with E-state index in [4.69, 9.17) is 11.6 Å². The molecule has 0 fully saturated rings. The molecule has 4 heteroatoms. The van der Waals surface area contributed by atoms with E-state index in [1.807, 2.05) is 13.8 Å². The molecule has 0 spiro atoms. The van der Waals surface area contributed by atoms with E-state index < -0.39 is 0 Å². The summed E-state index contributed by atoms with van der Waals surface area (Å²) in [6.45, 7) is 3.76. The van der Waals surface area contributed by atoms with Crippen molar-refractivity contribution in [2.75, 3.05) is 5.32 Å². The number of amides is 1. The minimum absolute atomic E-state index is 0.0241. The van der Waals surface area contributed by atoms with Gasteiger partial charge in [0.15, 0.2) is 0 Å². The number of carbonyl (C=O) groups is 1. The van der Waals surface area contributed by atoms with Gasteiger partial charge in [0.25, 0.3) is 0 Å². The molecule has 0 aliphatic heterocycles. The van der Waals surface area contributed by atoms with E-state index in [1.54, 1.807) is 6.07 Å². The minimum Gasteiger partial charge on any atom is -0.506 e. The Balaban J connectivity index is 2.80. The normalized spacial score (nSPS) is 12.2. The van der Waals surface area contributed by atoms with Gasteiger partial charge in [-0.2, -0.15) is 0 Å². The number of benzene rings is 1. The topological polar surface area (TPSA) is 49.3 Å². The van der Waals surface area contributed by atoms with Crippen LogP contribution in [0.25, 0.3) is 0 Å². The molecule has 15 heavy (non-hydrogen) atoms. The number of hydrogen-bond acceptors (Lipinski definition) is 2. The van der Waals surface area contributed by atoms with E-state index in [-0.39, 0.29) is 17.6 Å². The second kappa shape index (κ2) is 5.03. The van der Waals surface area contributed by atoms with E-state index in [0.717, 1.165) is 6.42 Å². The number of rotatable bonds is 3. The number of phenolic OH excluding ortho intramolecular Hbond substituents is 1. The molecule has 2 N–H and O–H groups in total. The van der Waals surface area contributed by atoms with Crippen LogP contribution in [0, 0.1) is 5.92 Å². The summed E-state index contributed by atoms with van der Waals surface area (Å²) in [4.78, 5) is 11.5. The van der Waals surface area contributed by atoms with Gasteiger partial charge in [0, 0.05) is 10.9 Å². The lowest BCUT2D eigenvalue weighted by Crippen LogP contribution is -2.19. The van der Waals surface area contributed by atoms with Gasteiger partial charge in [-0.25, -0.2) is 0 Å². The highest BCUT2D eigenvalue weighted by molar-refractivity contribution is 6.31. The summed E-state index contributed by atoms with van der Waals surface area (Å²) in [5.74, 6) is -0.172. The highest BCUT2D eigenvalue weighted by Gasteiger charge is 2.12. The van der Waals surface area contributed by atoms with E-state index in [1.165, 1.54) is 12.1 Å². The van der Waals surface area contributed by atoms with Gasteiger partial charge in [0.1, 0.15) is 5.75 Å². The molecular formula is C11H14ClNO2. The lowest BCUT2D eigenvalue weighted by Gasteiger charge is -2.11. The zero-order valence-electron chi connectivity index (χ0n) is 8.75. The zero-order chi connectivity index (χ0) is 11.4. The number of phenols is 1. The first kappa shape index (κ1) is 11.9. The van der Waals surface area contributed by atoms with Gasteiger partial charge in [-0.3, -0.25) is 4.79 Å². The van der Waals surface area contributed by atoms with Crippen LogP contribution < -0.4 is 5.32 Å². The second-order valence-electron chi connectivity index (χ2n) is 3.46. The van der Waals surface area contributed by atoms with Crippen LogP contribution in [0.5, 0.6) is 5.75 Å². The van der Waals surface area contributed by atoms with Crippen LogP contribution in [0.4, 0.5) is 5.69 Å². The summed E-state index contributed by atoms with van der Waals surface area (Å²) in [5.41, 5.74) is 0.354. The molecule has 0 aliphatic carbocycles. The fourth-order valence-electron chi connectivity index (χ4n) is 1.05. The quantitative estimate of drug-likeness (QED) is 0.780. The lowest BCUT2D eigenvalue weighted by molar-refractivity contribution is -0.119. The van der Waals surface area contributed by atoms with Crippen molar-refractivity contribution in [2.24, 2.45) is 5.92 Å². The van der Waals surface area contributed by atoms with Crippen LogP contribution in [0.15, 0.2) is 18.2 Å². The Morgan fingerprint density at radius 1 is 1.60 bits per heavy atom. The predicted molar refractivity (Wildman–Crippen MR) is 61.2 cm³/mol.